The standard InChI is InChI=1S/C14H28N2/c1-4-14(8-6-9-15-14)11-13-7-5-10-16(13)12(2)3/h12-13,15H,4-11H2,1-3H3. The number of rotatable bonds is 4. The second-order valence-electron chi connectivity index (χ2n) is 6.00. The van der Waals surface area contributed by atoms with E-state index in [0.717, 1.165) is 12.1 Å². The lowest BCUT2D eigenvalue weighted by Gasteiger charge is -2.36. The second kappa shape index (κ2) is 5.05. The second-order valence-corrected chi connectivity index (χ2v) is 6.00. The van der Waals surface area contributed by atoms with E-state index in [1.807, 2.05) is 0 Å². The molecule has 2 heteroatoms. The zero-order valence-electron chi connectivity index (χ0n) is 11.3. The fourth-order valence-electron chi connectivity index (χ4n) is 3.70. The maximum absolute atomic E-state index is 3.78. The molecule has 2 atom stereocenters. The third-order valence-corrected chi connectivity index (χ3v) is 4.72. The summed E-state index contributed by atoms with van der Waals surface area (Å²) < 4.78 is 0. The first kappa shape index (κ1) is 12.4. The molecule has 0 bridgehead atoms. The Bertz CT molecular complexity index is 219. The van der Waals surface area contributed by atoms with Gasteiger partial charge >= 0.3 is 0 Å². The molecule has 2 saturated heterocycles. The van der Waals surface area contributed by atoms with E-state index in [-0.39, 0.29) is 0 Å². The highest BCUT2D eigenvalue weighted by Crippen LogP contribution is 2.33. The number of hydrogen-bond donors (Lipinski definition) is 1. The van der Waals surface area contributed by atoms with Crippen molar-refractivity contribution in [3.05, 3.63) is 0 Å². The first-order valence-corrected chi connectivity index (χ1v) is 7.18. The number of likely N-dealkylation sites (tertiary alicyclic amines) is 1. The first-order valence-electron chi connectivity index (χ1n) is 7.18. The van der Waals surface area contributed by atoms with Gasteiger partial charge in [0.2, 0.25) is 0 Å². The number of hydrogen-bond acceptors (Lipinski definition) is 2. The van der Waals surface area contributed by atoms with Gasteiger partial charge in [0.25, 0.3) is 0 Å². The molecule has 94 valence electrons. The summed E-state index contributed by atoms with van der Waals surface area (Å²) in [6, 6.07) is 1.56. The van der Waals surface area contributed by atoms with Gasteiger partial charge < -0.3 is 5.32 Å². The van der Waals surface area contributed by atoms with E-state index >= 15 is 0 Å². The molecule has 2 aliphatic heterocycles. The molecule has 2 aliphatic rings. The Morgan fingerprint density at radius 1 is 1.38 bits per heavy atom. The third kappa shape index (κ3) is 2.43. The third-order valence-electron chi connectivity index (χ3n) is 4.72. The average Bonchev–Trinajstić information content (AvgIpc) is 2.88. The predicted molar refractivity (Wildman–Crippen MR) is 69.7 cm³/mol. The Kier molecular flexibility index (Phi) is 3.91. The van der Waals surface area contributed by atoms with Crippen molar-refractivity contribution in [3.8, 4) is 0 Å². The molecule has 1 N–H and O–H groups in total. The average molecular weight is 224 g/mol. The van der Waals surface area contributed by atoms with E-state index < -0.39 is 0 Å². The van der Waals surface area contributed by atoms with Gasteiger partial charge in [0.1, 0.15) is 0 Å². The Morgan fingerprint density at radius 2 is 2.19 bits per heavy atom. The molecule has 0 amide bonds. The molecule has 0 aliphatic carbocycles. The maximum atomic E-state index is 3.78. The lowest BCUT2D eigenvalue weighted by Crippen LogP contribution is -2.46. The zero-order valence-corrected chi connectivity index (χ0v) is 11.3. The van der Waals surface area contributed by atoms with Gasteiger partial charge in [-0.05, 0) is 65.5 Å². The van der Waals surface area contributed by atoms with Crippen LogP contribution in [0.25, 0.3) is 0 Å². The molecule has 0 aromatic carbocycles. The van der Waals surface area contributed by atoms with Gasteiger partial charge in [0.05, 0.1) is 0 Å². The maximum Gasteiger partial charge on any atom is 0.0194 e. The van der Waals surface area contributed by atoms with E-state index in [0.29, 0.717) is 5.54 Å². The zero-order chi connectivity index (χ0) is 11.6. The summed E-state index contributed by atoms with van der Waals surface area (Å²) in [7, 11) is 0. The van der Waals surface area contributed by atoms with Crippen LogP contribution in [0.5, 0.6) is 0 Å². The molecule has 0 saturated carbocycles. The van der Waals surface area contributed by atoms with E-state index in [1.165, 1.54) is 51.6 Å². The Morgan fingerprint density at radius 3 is 2.75 bits per heavy atom. The molecule has 2 rings (SSSR count). The lowest BCUT2D eigenvalue weighted by atomic mass is 9.86. The summed E-state index contributed by atoms with van der Waals surface area (Å²) in [4.78, 5) is 2.72. The van der Waals surface area contributed by atoms with Crippen LogP contribution in [0.3, 0.4) is 0 Å². The van der Waals surface area contributed by atoms with Crippen LogP contribution in [-0.2, 0) is 0 Å². The highest BCUT2D eigenvalue weighted by atomic mass is 15.2. The van der Waals surface area contributed by atoms with Crippen molar-refractivity contribution in [2.75, 3.05) is 13.1 Å². The van der Waals surface area contributed by atoms with Gasteiger partial charge in [0.15, 0.2) is 0 Å². The topological polar surface area (TPSA) is 15.3 Å². The Hall–Kier alpha value is -0.0800. The molecule has 0 aromatic rings. The smallest absolute Gasteiger partial charge is 0.0194 e. The van der Waals surface area contributed by atoms with Crippen molar-refractivity contribution in [1.82, 2.24) is 10.2 Å². The quantitative estimate of drug-likeness (QED) is 0.790. The van der Waals surface area contributed by atoms with E-state index in [1.54, 1.807) is 0 Å². The predicted octanol–water partition coefficient (Wildman–Crippen LogP) is 2.78. The SMILES string of the molecule is CCC1(CC2CCCN2C(C)C)CCCN1. The van der Waals surface area contributed by atoms with E-state index in [4.69, 9.17) is 0 Å². The summed E-state index contributed by atoms with van der Waals surface area (Å²) in [6.07, 6.45) is 8.27. The fraction of sp³-hybridized carbons (Fsp3) is 1.00. The Labute approximate surface area is 101 Å². The van der Waals surface area contributed by atoms with E-state index in [9.17, 15) is 0 Å². The molecule has 0 spiro atoms. The van der Waals surface area contributed by atoms with Crippen LogP contribution in [0.4, 0.5) is 0 Å². The molecule has 2 nitrogen and oxygen atoms in total. The van der Waals surface area contributed by atoms with Gasteiger partial charge in [-0.25, -0.2) is 0 Å². The number of nitrogens with zero attached hydrogens (tertiary/aromatic N) is 1. The molecule has 16 heavy (non-hydrogen) atoms. The van der Waals surface area contributed by atoms with Crippen molar-refractivity contribution in [1.29, 1.82) is 0 Å². The normalized spacial score (nSPS) is 36.4. The largest absolute Gasteiger partial charge is 0.311 e. The van der Waals surface area contributed by atoms with Crippen LogP contribution in [0.15, 0.2) is 0 Å². The molecule has 0 radical (unpaired) electrons. The monoisotopic (exact) mass is 224 g/mol. The van der Waals surface area contributed by atoms with Crippen LogP contribution in [0.2, 0.25) is 0 Å². The van der Waals surface area contributed by atoms with Crippen molar-refractivity contribution in [2.24, 2.45) is 0 Å². The van der Waals surface area contributed by atoms with Crippen molar-refractivity contribution in [3.63, 3.8) is 0 Å². The summed E-state index contributed by atoms with van der Waals surface area (Å²) in [5.41, 5.74) is 0.474. The highest BCUT2D eigenvalue weighted by Gasteiger charge is 2.37. The van der Waals surface area contributed by atoms with Gasteiger partial charge in [-0.2, -0.15) is 0 Å². The molecule has 2 heterocycles. The van der Waals surface area contributed by atoms with Crippen LogP contribution in [-0.4, -0.2) is 35.6 Å². The van der Waals surface area contributed by atoms with Crippen LogP contribution >= 0.6 is 0 Å². The van der Waals surface area contributed by atoms with Gasteiger partial charge in [-0.15, -0.1) is 0 Å². The van der Waals surface area contributed by atoms with Crippen LogP contribution < -0.4 is 5.32 Å². The molecular weight excluding hydrogens is 196 g/mol. The van der Waals surface area contributed by atoms with Crippen molar-refractivity contribution >= 4 is 0 Å². The minimum Gasteiger partial charge on any atom is -0.311 e. The molecular formula is C14H28N2. The lowest BCUT2D eigenvalue weighted by molar-refractivity contribution is 0.157. The first-order chi connectivity index (χ1) is 7.67. The van der Waals surface area contributed by atoms with Crippen molar-refractivity contribution in [2.45, 2.75) is 76.9 Å². The molecule has 0 aromatic heterocycles. The van der Waals surface area contributed by atoms with Crippen LogP contribution in [0, 0.1) is 0 Å². The number of nitrogens with one attached hydrogen (secondary N) is 1. The van der Waals surface area contributed by atoms with Gasteiger partial charge in [-0.3, -0.25) is 4.90 Å². The summed E-state index contributed by atoms with van der Waals surface area (Å²) >= 11 is 0. The fourth-order valence-corrected chi connectivity index (χ4v) is 3.70. The highest BCUT2D eigenvalue weighted by molar-refractivity contribution is 4.97. The van der Waals surface area contributed by atoms with E-state index in [2.05, 4.69) is 31.0 Å². The van der Waals surface area contributed by atoms with Crippen molar-refractivity contribution < 1.29 is 0 Å². The molecule has 2 unspecified atom stereocenters. The summed E-state index contributed by atoms with van der Waals surface area (Å²) in [6.45, 7) is 9.61. The summed E-state index contributed by atoms with van der Waals surface area (Å²) in [5.74, 6) is 0. The van der Waals surface area contributed by atoms with Gasteiger partial charge in [0, 0.05) is 17.6 Å². The minimum atomic E-state index is 0.474. The summed E-state index contributed by atoms with van der Waals surface area (Å²) in [5, 5.41) is 3.78. The van der Waals surface area contributed by atoms with Gasteiger partial charge in [-0.1, -0.05) is 6.92 Å². The Balaban J connectivity index is 1.97. The molecule has 2 fully saturated rings. The van der Waals surface area contributed by atoms with Crippen LogP contribution in [0.1, 0.15) is 59.3 Å². The minimum absolute atomic E-state index is 0.474.